The van der Waals surface area contributed by atoms with Crippen molar-refractivity contribution in [2.75, 3.05) is 24.7 Å². The van der Waals surface area contributed by atoms with Crippen LogP contribution in [0.5, 0.6) is 0 Å². The van der Waals surface area contributed by atoms with E-state index in [-0.39, 0.29) is 59.6 Å². The van der Waals surface area contributed by atoms with E-state index in [1.165, 1.54) is 49.3 Å². The summed E-state index contributed by atoms with van der Waals surface area (Å²) < 4.78 is 66.6. The second-order valence-corrected chi connectivity index (χ2v) is 13.9. The first-order valence-electron chi connectivity index (χ1n) is 18.2. The molecule has 5 heterocycles. The van der Waals surface area contributed by atoms with Gasteiger partial charge in [-0.05, 0) is 61.7 Å². The highest BCUT2D eigenvalue weighted by Gasteiger charge is 2.45. The third-order valence-corrected chi connectivity index (χ3v) is 10.4. The number of Topliss-reactive ketones (excluding diaryl/α,β-unsaturated/α-hetero) is 1. The first-order chi connectivity index (χ1) is 27.2. The van der Waals surface area contributed by atoms with Crippen molar-refractivity contribution in [1.29, 1.82) is 0 Å². The van der Waals surface area contributed by atoms with Crippen LogP contribution in [0.4, 0.5) is 23.2 Å². The van der Waals surface area contributed by atoms with E-state index >= 15 is 4.39 Å². The second-order valence-electron chi connectivity index (χ2n) is 13.9. The van der Waals surface area contributed by atoms with Crippen LogP contribution in [0.25, 0.3) is 27.5 Å². The number of rotatable bonds is 11. The van der Waals surface area contributed by atoms with Crippen LogP contribution in [0.3, 0.4) is 0 Å². The van der Waals surface area contributed by atoms with Gasteiger partial charge in [0.05, 0.1) is 53.1 Å². The molecule has 2 aromatic carbocycles. The molecule has 0 bridgehead atoms. The largest absolute Gasteiger partial charge is 0.411 e. The number of halogens is 4. The molecule has 17 heteroatoms. The predicted octanol–water partition coefficient (Wildman–Crippen LogP) is 4.74. The third kappa shape index (κ3) is 7.66. The molecule has 1 saturated heterocycles. The molecule has 57 heavy (non-hydrogen) atoms. The topological polar surface area (TPSA) is 146 Å². The van der Waals surface area contributed by atoms with Crippen LogP contribution in [0.2, 0.25) is 0 Å². The lowest BCUT2D eigenvalue weighted by molar-refractivity contribution is -0.167. The lowest BCUT2D eigenvalue weighted by Crippen LogP contribution is -2.53. The summed E-state index contributed by atoms with van der Waals surface area (Å²) >= 11 is 0. The van der Waals surface area contributed by atoms with Crippen LogP contribution in [-0.2, 0) is 29.5 Å². The van der Waals surface area contributed by atoms with Crippen LogP contribution >= 0.6 is 0 Å². The number of anilines is 1. The molecule has 0 saturated carbocycles. The number of carbonyl (C=O) groups is 2. The van der Waals surface area contributed by atoms with E-state index in [1.807, 2.05) is 11.5 Å². The first-order valence-corrected chi connectivity index (χ1v) is 18.2. The number of nitrogens with one attached hydrogen (secondary N) is 1. The van der Waals surface area contributed by atoms with E-state index in [9.17, 15) is 32.3 Å². The standard InChI is InChI=1S/C40H38F4N8O5/c1-23-18-26(51-16-17-57-22-34(51)40(42,43)44)20-29(41)35(23)37(54)48-30(33(53)7-5-14-50-15-13-46-24(50)2)19-25-8-9-31(36-27(25)6-4-11-47-36)52-38(55)28-10-12-45-21-32(28)49(3)39(52)56/h4,6,8-13,15,18,20-21,30,34H,5,7,14,16-17,19,22H2,1-3H3,(H,48,54)/t30-,34+/m0/s1. The van der Waals surface area contributed by atoms with Crippen LogP contribution in [0.1, 0.15) is 40.2 Å². The van der Waals surface area contributed by atoms with E-state index in [1.54, 1.807) is 36.7 Å². The van der Waals surface area contributed by atoms with Gasteiger partial charge in [0.1, 0.15) is 17.7 Å². The van der Waals surface area contributed by atoms with Crippen molar-refractivity contribution in [3.05, 3.63) is 123 Å². The number of morpholine rings is 1. The summed E-state index contributed by atoms with van der Waals surface area (Å²) in [5.74, 6) is -1.56. The van der Waals surface area contributed by atoms with E-state index in [0.717, 1.165) is 21.4 Å². The second kappa shape index (κ2) is 15.7. The number of aryl methyl sites for hydroxylation is 4. The van der Waals surface area contributed by atoms with E-state index in [2.05, 4.69) is 20.3 Å². The summed E-state index contributed by atoms with van der Waals surface area (Å²) in [4.78, 5) is 68.9. The van der Waals surface area contributed by atoms with Crippen molar-refractivity contribution in [3.63, 3.8) is 0 Å². The van der Waals surface area contributed by atoms with Gasteiger partial charge < -0.3 is 19.5 Å². The molecule has 1 N–H and O–H groups in total. The molecular formula is C40H38F4N8O5. The molecule has 2 atom stereocenters. The van der Waals surface area contributed by atoms with Gasteiger partial charge in [0.15, 0.2) is 5.78 Å². The summed E-state index contributed by atoms with van der Waals surface area (Å²) in [6, 6.07) is 7.12. The molecular weight excluding hydrogens is 748 g/mol. The molecule has 6 aromatic rings. The molecule has 0 radical (unpaired) electrons. The van der Waals surface area contributed by atoms with Crippen molar-refractivity contribution in [2.24, 2.45) is 7.05 Å². The number of aromatic nitrogens is 6. The Morgan fingerprint density at radius 2 is 1.84 bits per heavy atom. The fourth-order valence-electron chi connectivity index (χ4n) is 7.38. The number of ether oxygens (including phenoxy) is 1. The number of carbonyl (C=O) groups excluding carboxylic acids is 2. The van der Waals surface area contributed by atoms with Crippen molar-refractivity contribution >= 4 is 39.2 Å². The van der Waals surface area contributed by atoms with Crippen molar-refractivity contribution in [3.8, 4) is 5.69 Å². The summed E-state index contributed by atoms with van der Waals surface area (Å²) in [5.41, 5.74) is -0.204. The van der Waals surface area contributed by atoms with E-state index in [4.69, 9.17) is 4.74 Å². The minimum Gasteiger partial charge on any atom is -0.377 e. The molecule has 7 rings (SSSR count). The molecule has 1 aliphatic rings. The third-order valence-electron chi connectivity index (χ3n) is 10.4. The van der Waals surface area contributed by atoms with Gasteiger partial charge >= 0.3 is 11.9 Å². The first kappa shape index (κ1) is 39.0. The van der Waals surface area contributed by atoms with E-state index in [0.29, 0.717) is 29.4 Å². The molecule has 0 unspecified atom stereocenters. The fourth-order valence-corrected chi connectivity index (χ4v) is 7.38. The van der Waals surface area contributed by atoms with Gasteiger partial charge in [-0.2, -0.15) is 13.2 Å². The van der Waals surface area contributed by atoms with Crippen molar-refractivity contribution in [1.82, 2.24) is 34.0 Å². The van der Waals surface area contributed by atoms with Gasteiger partial charge in [0.25, 0.3) is 11.5 Å². The van der Waals surface area contributed by atoms with Crippen LogP contribution < -0.4 is 21.5 Å². The molecule has 0 aliphatic carbocycles. The summed E-state index contributed by atoms with van der Waals surface area (Å²) in [7, 11) is 1.53. The Morgan fingerprint density at radius 1 is 1.04 bits per heavy atom. The van der Waals surface area contributed by atoms with Gasteiger partial charge in [-0.1, -0.05) is 12.1 Å². The number of nitrogens with zero attached hydrogens (tertiary/aromatic N) is 7. The minimum absolute atomic E-state index is 0.0121. The molecule has 1 fully saturated rings. The molecule has 13 nitrogen and oxygen atoms in total. The number of imidazole rings is 1. The Kier molecular flexibility index (Phi) is 10.8. The molecule has 0 spiro atoms. The zero-order chi connectivity index (χ0) is 40.6. The molecule has 1 amide bonds. The average molecular weight is 787 g/mol. The zero-order valence-corrected chi connectivity index (χ0v) is 31.2. The number of benzene rings is 2. The fraction of sp³-hybridized carbons (Fsp3) is 0.325. The number of alkyl halides is 3. The Hall–Kier alpha value is -6.23. The van der Waals surface area contributed by atoms with Crippen molar-refractivity contribution < 1.29 is 31.9 Å². The Morgan fingerprint density at radius 3 is 2.58 bits per heavy atom. The number of hydrogen-bond donors (Lipinski definition) is 1. The maximum absolute atomic E-state index is 15.9. The maximum atomic E-state index is 15.9. The minimum atomic E-state index is -4.64. The quantitative estimate of drug-likeness (QED) is 0.184. The van der Waals surface area contributed by atoms with Crippen LogP contribution in [0, 0.1) is 19.7 Å². The Labute approximate surface area is 322 Å². The number of hydrogen-bond acceptors (Lipinski definition) is 9. The number of ketones is 1. The number of pyridine rings is 2. The highest BCUT2D eigenvalue weighted by Crippen LogP contribution is 2.33. The monoisotopic (exact) mass is 786 g/mol. The molecule has 4 aromatic heterocycles. The SMILES string of the molecule is Cc1cc(N2CCOC[C@@H]2C(F)(F)F)cc(F)c1C(=O)N[C@@H](Cc1ccc(-n2c(=O)c3ccncc3n(C)c2=O)c2ncccc12)C(=O)CCCn1ccnc1C. The predicted molar refractivity (Wildman–Crippen MR) is 203 cm³/mol. The van der Waals surface area contributed by atoms with Crippen LogP contribution in [-0.4, -0.2) is 78.4 Å². The van der Waals surface area contributed by atoms with Crippen LogP contribution in [0.15, 0.2) is 83.0 Å². The van der Waals surface area contributed by atoms with Gasteiger partial charge in [-0.15, -0.1) is 0 Å². The highest BCUT2D eigenvalue weighted by atomic mass is 19.4. The van der Waals surface area contributed by atoms with Gasteiger partial charge in [0, 0.05) is 68.8 Å². The molecule has 1 aliphatic heterocycles. The van der Waals surface area contributed by atoms with Gasteiger partial charge in [-0.3, -0.25) is 28.9 Å². The van der Waals surface area contributed by atoms with Gasteiger partial charge in [-0.25, -0.2) is 18.7 Å². The maximum Gasteiger partial charge on any atom is 0.411 e. The summed E-state index contributed by atoms with van der Waals surface area (Å²) in [6.07, 6.45) is 3.53. The Balaban J connectivity index is 1.23. The van der Waals surface area contributed by atoms with E-state index < -0.39 is 53.4 Å². The number of fused-ring (bicyclic) bond motifs is 2. The number of amides is 1. The average Bonchev–Trinajstić information content (AvgIpc) is 3.60. The summed E-state index contributed by atoms with van der Waals surface area (Å²) in [6.45, 7) is 2.99. The smallest absolute Gasteiger partial charge is 0.377 e. The normalized spacial score (nSPS) is 15.3. The van der Waals surface area contributed by atoms with Gasteiger partial charge in [0.2, 0.25) is 0 Å². The summed E-state index contributed by atoms with van der Waals surface area (Å²) in [5, 5.41) is 3.47. The molecule has 296 valence electrons. The lowest BCUT2D eigenvalue weighted by atomic mass is 9.95. The lowest BCUT2D eigenvalue weighted by Gasteiger charge is -2.38. The zero-order valence-electron chi connectivity index (χ0n) is 31.2. The Bertz CT molecular complexity index is 2610. The highest BCUT2D eigenvalue weighted by molar-refractivity contribution is 6.00. The van der Waals surface area contributed by atoms with Crippen molar-refractivity contribution in [2.45, 2.75) is 57.9 Å².